The Hall–Kier alpha value is -2.14. The summed E-state index contributed by atoms with van der Waals surface area (Å²) >= 11 is 5.29. The molecule has 5 heteroatoms. The van der Waals surface area contributed by atoms with Crippen molar-refractivity contribution in [1.29, 1.82) is 0 Å². The van der Waals surface area contributed by atoms with E-state index in [4.69, 9.17) is 12.2 Å². The van der Waals surface area contributed by atoms with Gasteiger partial charge in [0.15, 0.2) is 5.11 Å². The molecule has 2 N–H and O–H groups in total. The van der Waals surface area contributed by atoms with Gasteiger partial charge in [-0.1, -0.05) is 6.07 Å². The van der Waals surface area contributed by atoms with Gasteiger partial charge in [0.25, 0.3) is 0 Å². The summed E-state index contributed by atoms with van der Waals surface area (Å²) in [6, 6.07) is 13.5. The molecule has 0 fully saturated rings. The van der Waals surface area contributed by atoms with Crippen LogP contribution in [0.5, 0.6) is 0 Å². The summed E-state index contributed by atoms with van der Waals surface area (Å²) in [5, 5.41) is 6.54. The molecule has 0 amide bonds. The van der Waals surface area contributed by atoms with Crippen LogP contribution in [0.15, 0.2) is 42.5 Å². The van der Waals surface area contributed by atoms with Crippen molar-refractivity contribution in [3.8, 4) is 0 Å². The average Bonchev–Trinajstić information content (AvgIpc) is 2.53. The van der Waals surface area contributed by atoms with Gasteiger partial charge in [0.2, 0.25) is 0 Å². The van der Waals surface area contributed by atoms with E-state index in [9.17, 15) is 4.39 Å². The zero-order valence-electron chi connectivity index (χ0n) is 14.6. The summed E-state index contributed by atoms with van der Waals surface area (Å²) in [7, 11) is 0. The lowest BCUT2D eigenvalue weighted by Gasteiger charge is -2.27. The van der Waals surface area contributed by atoms with Crippen LogP contribution in [-0.2, 0) is 0 Å². The molecule has 2 aromatic carbocycles. The molecule has 128 valence electrons. The van der Waals surface area contributed by atoms with E-state index in [1.54, 1.807) is 19.1 Å². The maximum Gasteiger partial charge on any atom is 0.175 e. The highest BCUT2D eigenvalue weighted by Crippen LogP contribution is 2.20. The van der Waals surface area contributed by atoms with Crippen LogP contribution in [0.4, 0.5) is 21.5 Å². The highest BCUT2D eigenvalue weighted by Gasteiger charge is 2.08. The van der Waals surface area contributed by atoms with Crippen molar-refractivity contribution in [2.45, 2.75) is 33.7 Å². The summed E-state index contributed by atoms with van der Waals surface area (Å²) in [4.78, 5) is 2.31. The molecule has 0 aliphatic rings. The van der Waals surface area contributed by atoms with Gasteiger partial charge in [0.05, 0.1) is 0 Å². The van der Waals surface area contributed by atoms with Crippen molar-refractivity contribution < 1.29 is 4.39 Å². The van der Waals surface area contributed by atoms with Crippen molar-refractivity contribution in [1.82, 2.24) is 0 Å². The van der Waals surface area contributed by atoms with Crippen LogP contribution in [0.2, 0.25) is 0 Å². The van der Waals surface area contributed by atoms with Crippen LogP contribution in [-0.4, -0.2) is 17.7 Å². The molecular weight excluding hydrogens is 321 g/mol. The first-order valence-corrected chi connectivity index (χ1v) is 8.52. The predicted octanol–water partition coefficient (Wildman–Crippen LogP) is 5.18. The molecule has 0 unspecified atom stereocenters. The Morgan fingerprint density at radius 2 is 1.67 bits per heavy atom. The predicted molar refractivity (Wildman–Crippen MR) is 106 cm³/mol. The van der Waals surface area contributed by atoms with E-state index in [0.717, 1.165) is 12.2 Å². The molecule has 0 spiro atoms. The zero-order valence-corrected chi connectivity index (χ0v) is 15.4. The molecule has 2 aromatic rings. The molecule has 24 heavy (non-hydrogen) atoms. The minimum absolute atomic E-state index is 0.250. The van der Waals surface area contributed by atoms with Gasteiger partial charge in [0, 0.05) is 29.6 Å². The third-order valence-corrected chi connectivity index (χ3v) is 4.05. The summed E-state index contributed by atoms with van der Waals surface area (Å²) < 4.78 is 13.6. The molecule has 2 rings (SSSR count). The molecule has 0 aliphatic heterocycles. The molecule has 0 heterocycles. The normalized spacial score (nSPS) is 10.6. The Kier molecular flexibility index (Phi) is 6.15. The highest BCUT2D eigenvalue weighted by atomic mass is 32.1. The molecule has 0 aromatic heterocycles. The van der Waals surface area contributed by atoms with Gasteiger partial charge < -0.3 is 15.5 Å². The van der Waals surface area contributed by atoms with Crippen LogP contribution < -0.4 is 15.5 Å². The minimum Gasteiger partial charge on any atom is -0.369 e. The second-order valence-electron chi connectivity index (χ2n) is 5.97. The number of rotatable bonds is 5. The van der Waals surface area contributed by atoms with Gasteiger partial charge in [-0.05, 0) is 81.9 Å². The number of nitrogens with one attached hydrogen (secondary N) is 2. The van der Waals surface area contributed by atoms with Crippen molar-refractivity contribution in [3.05, 3.63) is 53.8 Å². The minimum atomic E-state index is -0.250. The lowest BCUT2D eigenvalue weighted by molar-refractivity contribution is 0.619. The fourth-order valence-corrected chi connectivity index (χ4v) is 2.78. The number of nitrogens with zero attached hydrogens (tertiary/aromatic N) is 1. The number of hydrogen-bond donors (Lipinski definition) is 2. The van der Waals surface area contributed by atoms with Gasteiger partial charge in [-0.15, -0.1) is 0 Å². The first-order valence-electron chi connectivity index (χ1n) is 8.11. The quantitative estimate of drug-likeness (QED) is 0.730. The standard InChI is InChI=1S/C19H24FN3S/c1-5-23(13(2)3)17-10-8-15(9-11-17)21-19(24)22-16-7-6-14(4)18(20)12-16/h6-13H,5H2,1-4H3,(H2,21,22,24). The summed E-state index contributed by atoms with van der Waals surface area (Å²) in [5.74, 6) is -0.250. The maximum atomic E-state index is 13.6. The van der Waals surface area contributed by atoms with E-state index >= 15 is 0 Å². The fraction of sp³-hybridized carbons (Fsp3) is 0.316. The van der Waals surface area contributed by atoms with Crippen LogP contribution in [0.25, 0.3) is 0 Å². The van der Waals surface area contributed by atoms with Crippen molar-refractivity contribution in [2.75, 3.05) is 22.1 Å². The zero-order chi connectivity index (χ0) is 17.7. The number of anilines is 3. The van der Waals surface area contributed by atoms with Gasteiger partial charge in [-0.3, -0.25) is 0 Å². The molecule has 0 saturated heterocycles. The van der Waals surface area contributed by atoms with E-state index in [1.165, 1.54) is 11.8 Å². The molecule has 0 radical (unpaired) electrons. The Morgan fingerprint density at radius 1 is 1.08 bits per heavy atom. The SMILES string of the molecule is CCN(c1ccc(NC(=S)Nc2ccc(C)c(F)c2)cc1)C(C)C. The van der Waals surface area contributed by atoms with Crippen molar-refractivity contribution >= 4 is 34.4 Å². The van der Waals surface area contributed by atoms with E-state index in [0.29, 0.717) is 22.4 Å². The van der Waals surface area contributed by atoms with E-state index in [-0.39, 0.29) is 5.82 Å². The summed E-state index contributed by atoms with van der Waals surface area (Å²) in [6.07, 6.45) is 0. The molecular formula is C19H24FN3S. The van der Waals surface area contributed by atoms with Gasteiger partial charge >= 0.3 is 0 Å². The first-order chi connectivity index (χ1) is 11.4. The smallest absolute Gasteiger partial charge is 0.175 e. The van der Waals surface area contributed by atoms with Gasteiger partial charge in [0.1, 0.15) is 5.82 Å². The topological polar surface area (TPSA) is 27.3 Å². The van der Waals surface area contributed by atoms with E-state index in [1.807, 2.05) is 12.1 Å². The molecule has 3 nitrogen and oxygen atoms in total. The highest BCUT2D eigenvalue weighted by molar-refractivity contribution is 7.80. The number of aryl methyl sites for hydroxylation is 1. The lowest BCUT2D eigenvalue weighted by Crippen LogP contribution is -2.30. The monoisotopic (exact) mass is 345 g/mol. The summed E-state index contributed by atoms with van der Waals surface area (Å²) in [6.45, 7) is 9.19. The second-order valence-corrected chi connectivity index (χ2v) is 6.38. The molecule has 0 bridgehead atoms. The van der Waals surface area contributed by atoms with Crippen molar-refractivity contribution in [3.63, 3.8) is 0 Å². The van der Waals surface area contributed by atoms with Crippen LogP contribution in [0.1, 0.15) is 26.3 Å². The fourth-order valence-electron chi connectivity index (χ4n) is 2.55. The molecule has 0 saturated carbocycles. The Labute approximate surface area is 148 Å². The summed E-state index contributed by atoms with van der Waals surface area (Å²) in [5.41, 5.74) is 3.31. The Bertz CT molecular complexity index is 698. The van der Waals surface area contributed by atoms with E-state index in [2.05, 4.69) is 48.4 Å². The lowest BCUT2D eigenvalue weighted by atomic mass is 10.2. The maximum absolute atomic E-state index is 13.6. The Morgan fingerprint density at radius 3 is 2.21 bits per heavy atom. The second kappa shape index (κ2) is 8.11. The largest absolute Gasteiger partial charge is 0.369 e. The third kappa shape index (κ3) is 4.68. The third-order valence-electron chi connectivity index (χ3n) is 3.85. The van der Waals surface area contributed by atoms with Gasteiger partial charge in [-0.25, -0.2) is 4.39 Å². The van der Waals surface area contributed by atoms with Crippen LogP contribution in [0.3, 0.4) is 0 Å². The number of halogens is 1. The Balaban J connectivity index is 2.00. The van der Waals surface area contributed by atoms with Gasteiger partial charge in [-0.2, -0.15) is 0 Å². The molecule has 0 atom stereocenters. The number of thiocarbonyl (C=S) groups is 1. The number of benzene rings is 2. The average molecular weight is 345 g/mol. The first kappa shape index (κ1) is 18.2. The van der Waals surface area contributed by atoms with Crippen LogP contribution in [0, 0.1) is 12.7 Å². The molecule has 0 aliphatic carbocycles. The number of hydrogen-bond acceptors (Lipinski definition) is 2. The van der Waals surface area contributed by atoms with Crippen molar-refractivity contribution in [2.24, 2.45) is 0 Å². The van der Waals surface area contributed by atoms with E-state index < -0.39 is 0 Å². The van der Waals surface area contributed by atoms with Crippen LogP contribution >= 0.6 is 12.2 Å².